The van der Waals surface area contributed by atoms with Gasteiger partial charge in [-0.15, -0.1) is 24.0 Å². The van der Waals surface area contributed by atoms with Crippen molar-refractivity contribution in [2.45, 2.75) is 32.6 Å². The number of aliphatic imine (C=N–C) groups is 1. The summed E-state index contributed by atoms with van der Waals surface area (Å²) in [6, 6.07) is 18.2. The predicted octanol–water partition coefficient (Wildman–Crippen LogP) is 3.97. The monoisotopic (exact) mass is 483 g/mol. The van der Waals surface area contributed by atoms with Crippen LogP contribution in [0.1, 0.15) is 25.0 Å². The van der Waals surface area contributed by atoms with Gasteiger partial charge in [0.05, 0.1) is 5.60 Å². The molecular weight excluding hydrogens is 453 g/mol. The van der Waals surface area contributed by atoms with Crippen LogP contribution in [0.4, 0.5) is 0 Å². The van der Waals surface area contributed by atoms with E-state index in [1.165, 1.54) is 0 Å². The molecule has 6 heteroatoms. The minimum Gasteiger partial charge on any atom is -0.489 e. The van der Waals surface area contributed by atoms with Gasteiger partial charge in [-0.05, 0) is 37.1 Å². The van der Waals surface area contributed by atoms with Crippen LogP contribution < -0.4 is 15.4 Å². The average molecular weight is 483 g/mol. The van der Waals surface area contributed by atoms with Gasteiger partial charge in [-0.25, -0.2) is 0 Å². The Labute approximate surface area is 179 Å². The molecule has 148 valence electrons. The lowest BCUT2D eigenvalue weighted by atomic mass is 10.1. The van der Waals surface area contributed by atoms with Crippen LogP contribution in [0.15, 0.2) is 59.6 Å². The molecule has 0 aromatic heterocycles. The second-order valence-corrected chi connectivity index (χ2v) is 6.66. The quantitative estimate of drug-likeness (QED) is 0.339. The summed E-state index contributed by atoms with van der Waals surface area (Å²) in [6.07, 6.45) is 0. The molecule has 0 radical (unpaired) electrons. The molecule has 0 aliphatic rings. The zero-order valence-corrected chi connectivity index (χ0v) is 18.8. The third-order valence-corrected chi connectivity index (χ3v) is 4.06. The van der Waals surface area contributed by atoms with Crippen LogP contribution in [-0.4, -0.2) is 32.3 Å². The molecule has 0 aliphatic carbocycles. The van der Waals surface area contributed by atoms with Crippen molar-refractivity contribution in [3.05, 3.63) is 65.7 Å². The fourth-order valence-electron chi connectivity index (χ4n) is 2.26. The van der Waals surface area contributed by atoms with E-state index in [2.05, 4.69) is 33.8 Å². The smallest absolute Gasteiger partial charge is 0.191 e. The highest BCUT2D eigenvalue weighted by Crippen LogP contribution is 2.15. The van der Waals surface area contributed by atoms with Crippen LogP contribution in [0.25, 0.3) is 0 Å². The van der Waals surface area contributed by atoms with Crippen LogP contribution in [-0.2, 0) is 17.9 Å². The Bertz CT molecular complexity index is 706. The molecule has 0 unspecified atom stereocenters. The summed E-state index contributed by atoms with van der Waals surface area (Å²) in [5.41, 5.74) is 2.04. The van der Waals surface area contributed by atoms with Crippen molar-refractivity contribution in [2.24, 2.45) is 4.99 Å². The zero-order chi connectivity index (χ0) is 18.8. The molecule has 0 spiro atoms. The van der Waals surface area contributed by atoms with E-state index in [1.54, 1.807) is 14.2 Å². The van der Waals surface area contributed by atoms with Gasteiger partial charge in [-0.2, -0.15) is 0 Å². The number of guanidine groups is 1. The van der Waals surface area contributed by atoms with Crippen LogP contribution in [0.2, 0.25) is 0 Å². The minimum atomic E-state index is -0.247. The molecule has 0 heterocycles. The Morgan fingerprint density at radius 1 is 1.00 bits per heavy atom. The van der Waals surface area contributed by atoms with Crippen molar-refractivity contribution in [1.82, 2.24) is 10.6 Å². The van der Waals surface area contributed by atoms with E-state index < -0.39 is 0 Å². The molecule has 2 aromatic rings. The summed E-state index contributed by atoms with van der Waals surface area (Å²) < 4.78 is 11.3. The van der Waals surface area contributed by atoms with Crippen molar-refractivity contribution in [3.8, 4) is 5.75 Å². The summed E-state index contributed by atoms with van der Waals surface area (Å²) >= 11 is 0. The van der Waals surface area contributed by atoms with E-state index in [1.807, 2.05) is 50.2 Å². The van der Waals surface area contributed by atoms with Crippen LogP contribution >= 0.6 is 24.0 Å². The molecule has 27 heavy (non-hydrogen) atoms. The summed E-state index contributed by atoms with van der Waals surface area (Å²) in [5, 5.41) is 6.59. The predicted molar refractivity (Wildman–Crippen MR) is 122 cm³/mol. The molecule has 0 aliphatic heterocycles. The molecule has 0 atom stereocenters. The maximum Gasteiger partial charge on any atom is 0.191 e. The first-order chi connectivity index (χ1) is 12.5. The maximum absolute atomic E-state index is 5.88. The summed E-state index contributed by atoms with van der Waals surface area (Å²) in [7, 11) is 3.47. The minimum absolute atomic E-state index is 0. The molecule has 2 N–H and O–H groups in total. The highest BCUT2D eigenvalue weighted by atomic mass is 127. The van der Waals surface area contributed by atoms with Crippen molar-refractivity contribution in [2.75, 3.05) is 20.7 Å². The number of hydrogen-bond acceptors (Lipinski definition) is 3. The number of benzene rings is 2. The molecule has 2 aromatic carbocycles. The summed E-state index contributed by atoms with van der Waals surface area (Å²) in [4.78, 5) is 4.25. The SMILES string of the molecule is CN=C(NCc1cccc(OCc2ccccc2)c1)NCC(C)(C)OC.I. The summed E-state index contributed by atoms with van der Waals surface area (Å²) in [6.45, 7) is 5.95. The van der Waals surface area contributed by atoms with E-state index >= 15 is 0 Å². The molecule has 0 amide bonds. The third-order valence-electron chi connectivity index (χ3n) is 4.06. The number of rotatable bonds is 8. The number of ether oxygens (including phenoxy) is 2. The molecule has 0 fully saturated rings. The lowest BCUT2D eigenvalue weighted by molar-refractivity contribution is 0.0268. The van der Waals surface area contributed by atoms with Crippen molar-refractivity contribution < 1.29 is 9.47 Å². The molecule has 2 rings (SSSR count). The molecule has 0 saturated carbocycles. The Hall–Kier alpha value is -1.80. The number of nitrogens with one attached hydrogen (secondary N) is 2. The van der Waals surface area contributed by atoms with Crippen molar-refractivity contribution in [1.29, 1.82) is 0 Å². The van der Waals surface area contributed by atoms with Gasteiger partial charge in [0.25, 0.3) is 0 Å². The fourth-order valence-corrected chi connectivity index (χ4v) is 2.26. The Balaban J connectivity index is 0.00000364. The topological polar surface area (TPSA) is 54.9 Å². The van der Waals surface area contributed by atoms with E-state index in [0.29, 0.717) is 19.7 Å². The van der Waals surface area contributed by atoms with Crippen LogP contribution in [0, 0.1) is 0 Å². The van der Waals surface area contributed by atoms with Crippen LogP contribution in [0.3, 0.4) is 0 Å². The Morgan fingerprint density at radius 2 is 1.70 bits per heavy atom. The highest BCUT2D eigenvalue weighted by molar-refractivity contribution is 14.0. The van der Waals surface area contributed by atoms with Gasteiger partial charge in [-0.1, -0.05) is 42.5 Å². The summed E-state index contributed by atoms with van der Waals surface area (Å²) in [5.74, 6) is 1.60. The third kappa shape index (κ3) is 8.62. The van der Waals surface area contributed by atoms with E-state index in [4.69, 9.17) is 9.47 Å². The van der Waals surface area contributed by atoms with Gasteiger partial charge >= 0.3 is 0 Å². The average Bonchev–Trinajstić information content (AvgIpc) is 2.67. The fraction of sp³-hybridized carbons (Fsp3) is 0.381. The number of methoxy groups -OCH3 is 1. The maximum atomic E-state index is 5.88. The Kier molecular flexibility index (Phi) is 10.2. The number of hydrogen-bond donors (Lipinski definition) is 2. The largest absolute Gasteiger partial charge is 0.489 e. The second kappa shape index (κ2) is 11.8. The van der Waals surface area contributed by atoms with Gasteiger partial charge in [-0.3, -0.25) is 4.99 Å². The zero-order valence-electron chi connectivity index (χ0n) is 16.5. The van der Waals surface area contributed by atoms with Crippen molar-refractivity contribution in [3.63, 3.8) is 0 Å². The highest BCUT2D eigenvalue weighted by Gasteiger charge is 2.16. The number of nitrogens with zero attached hydrogens (tertiary/aromatic N) is 1. The second-order valence-electron chi connectivity index (χ2n) is 6.66. The van der Waals surface area contributed by atoms with Gasteiger partial charge in [0, 0.05) is 27.2 Å². The Morgan fingerprint density at radius 3 is 2.37 bits per heavy atom. The first kappa shape index (κ1) is 23.2. The van der Waals surface area contributed by atoms with E-state index in [9.17, 15) is 0 Å². The molecule has 5 nitrogen and oxygen atoms in total. The molecule has 0 bridgehead atoms. The van der Waals surface area contributed by atoms with E-state index in [-0.39, 0.29) is 29.6 Å². The van der Waals surface area contributed by atoms with Gasteiger partial charge in [0.2, 0.25) is 0 Å². The standard InChI is InChI=1S/C21H29N3O2.HI/c1-21(2,25-4)16-24-20(22-3)23-14-18-11-8-12-19(13-18)26-15-17-9-6-5-7-10-17;/h5-13H,14-16H2,1-4H3,(H2,22,23,24);1H. The first-order valence-electron chi connectivity index (χ1n) is 8.78. The van der Waals surface area contributed by atoms with Crippen LogP contribution in [0.5, 0.6) is 5.75 Å². The van der Waals surface area contributed by atoms with Crippen molar-refractivity contribution >= 4 is 29.9 Å². The molecule has 0 saturated heterocycles. The van der Waals surface area contributed by atoms with Gasteiger partial charge in [0.15, 0.2) is 5.96 Å². The van der Waals surface area contributed by atoms with E-state index in [0.717, 1.165) is 22.8 Å². The lowest BCUT2D eigenvalue weighted by Crippen LogP contribution is -2.45. The lowest BCUT2D eigenvalue weighted by Gasteiger charge is -2.24. The number of halogens is 1. The van der Waals surface area contributed by atoms with Gasteiger partial charge in [0.1, 0.15) is 12.4 Å². The van der Waals surface area contributed by atoms with Gasteiger partial charge < -0.3 is 20.1 Å². The first-order valence-corrected chi connectivity index (χ1v) is 8.78. The molecular formula is C21H30IN3O2. The normalized spacial score (nSPS) is 11.5.